The monoisotopic (exact) mass is 434 g/mol. The summed E-state index contributed by atoms with van der Waals surface area (Å²) < 4.78 is 27.8. The van der Waals surface area contributed by atoms with Gasteiger partial charge in [-0.25, -0.2) is 4.39 Å². The number of halogens is 1. The Morgan fingerprint density at radius 1 is 0.906 bits per heavy atom. The standard InChI is InChI=1S/C28H36BFO2/c1-20(29-31-27(5,6)28(7,8)32-29)25(22-12-10-9-11-13-22)19-24(30)18-21-14-16-23(17-15-21)26(2,3)4/h9-18H,19H2,1-8H3/b24-18-,25-20+. The third kappa shape index (κ3) is 5.42. The summed E-state index contributed by atoms with van der Waals surface area (Å²) in [5.74, 6) is -0.191. The normalized spacial score (nSPS) is 19.2. The molecule has 0 aromatic heterocycles. The van der Waals surface area contributed by atoms with Gasteiger partial charge in [-0.05, 0) is 73.8 Å². The molecule has 1 aliphatic heterocycles. The van der Waals surface area contributed by atoms with E-state index in [4.69, 9.17) is 9.31 Å². The lowest BCUT2D eigenvalue weighted by Crippen LogP contribution is -2.41. The predicted molar refractivity (Wildman–Crippen MR) is 134 cm³/mol. The molecule has 0 saturated carbocycles. The predicted octanol–water partition coefficient (Wildman–Crippen LogP) is 7.79. The summed E-state index contributed by atoms with van der Waals surface area (Å²) in [6.07, 6.45) is 1.80. The van der Waals surface area contributed by atoms with Crippen LogP contribution in [0.25, 0.3) is 11.6 Å². The highest BCUT2D eigenvalue weighted by atomic mass is 19.1. The van der Waals surface area contributed by atoms with Crippen LogP contribution in [0.2, 0.25) is 0 Å². The molecule has 170 valence electrons. The summed E-state index contributed by atoms with van der Waals surface area (Å²) in [5.41, 5.74) is 4.06. The lowest BCUT2D eigenvalue weighted by molar-refractivity contribution is 0.00578. The third-order valence-electron chi connectivity index (χ3n) is 6.65. The van der Waals surface area contributed by atoms with Crippen LogP contribution in [0.4, 0.5) is 4.39 Å². The maximum atomic E-state index is 15.3. The van der Waals surface area contributed by atoms with Crippen molar-refractivity contribution >= 4 is 18.8 Å². The largest absolute Gasteiger partial charge is 0.490 e. The van der Waals surface area contributed by atoms with Gasteiger partial charge < -0.3 is 9.31 Å². The maximum Gasteiger partial charge on any atom is 0.490 e. The van der Waals surface area contributed by atoms with E-state index in [1.54, 1.807) is 6.08 Å². The van der Waals surface area contributed by atoms with Gasteiger partial charge >= 0.3 is 7.12 Å². The second kappa shape index (κ2) is 9.00. The average molecular weight is 434 g/mol. The molecule has 0 N–H and O–H groups in total. The molecule has 3 rings (SSSR count). The molecule has 1 heterocycles. The minimum Gasteiger partial charge on any atom is -0.400 e. The number of allylic oxidation sites excluding steroid dienone is 3. The average Bonchev–Trinajstić information content (AvgIpc) is 2.93. The zero-order valence-electron chi connectivity index (χ0n) is 20.8. The van der Waals surface area contributed by atoms with Crippen molar-refractivity contribution in [1.82, 2.24) is 0 Å². The first-order chi connectivity index (χ1) is 14.8. The lowest BCUT2D eigenvalue weighted by Gasteiger charge is -2.32. The summed E-state index contributed by atoms with van der Waals surface area (Å²) in [4.78, 5) is 0. The molecule has 2 aromatic carbocycles. The SMILES string of the molecule is C/C(B1OC(C)(C)C(C)(C)O1)=C(/C/C(F)=C/c1ccc(C(C)(C)C)cc1)c1ccccc1. The summed E-state index contributed by atoms with van der Waals surface area (Å²) in [6, 6.07) is 18.0. The van der Waals surface area contributed by atoms with Crippen LogP contribution >= 0.6 is 0 Å². The van der Waals surface area contributed by atoms with Gasteiger partial charge in [-0.1, -0.05) is 75.4 Å². The fourth-order valence-electron chi connectivity index (χ4n) is 3.75. The Balaban J connectivity index is 1.92. The van der Waals surface area contributed by atoms with E-state index in [9.17, 15) is 0 Å². The molecule has 0 aliphatic carbocycles. The minimum atomic E-state index is -0.505. The van der Waals surface area contributed by atoms with E-state index in [1.807, 2.05) is 77.1 Å². The fourth-order valence-corrected chi connectivity index (χ4v) is 3.75. The first-order valence-corrected chi connectivity index (χ1v) is 11.4. The number of hydrogen-bond donors (Lipinski definition) is 0. The lowest BCUT2D eigenvalue weighted by atomic mass is 9.74. The highest BCUT2D eigenvalue weighted by molar-refractivity contribution is 6.56. The maximum absolute atomic E-state index is 15.3. The smallest absolute Gasteiger partial charge is 0.400 e. The molecule has 1 fully saturated rings. The minimum absolute atomic E-state index is 0.0734. The Labute approximate surface area is 193 Å². The van der Waals surface area contributed by atoms with E-state index >= 15 is 4.39 Å². The highest BCUT2D eigenvalue weighted by Crippen LogP contribution is 2.40. The van der Waals surface area contributed by atoms with Crippen molar-refractivity contribution in [1.29, 1.82) is 0 Å². The third-order valence-corrected chi connectivity index (χ3v) is 6.65. The van der Waals surface area contributed by atoms with Crippen LogP contribution in [0.15, 0.2) is 65.9 Å². The molecule has 2 nitrogen and oxygen atoms in total. The van der Waals surface area contributed by atoms with E-state index in [0.717, 1.165) is 22.2 Å². The van der Waals surface area contributed by atoms with Gasteiger partial charge in [-0.3, -0.25) is 0 Å². The van der Waals surface area contributed by atoms with Gasteiger partial charge in [0.2, 0.25) is 0 Å². The molecule has 4 heteroatoms. The van der Waals surface area contributed by atoms with Gasteiger partial charge in [0.15, 0.2) is 0 Å². The molecular weight excluding hydrogens is 398 g/mol. The number of hydrogen-bond acceptors (Lipinski definition) is 2. The molecule has 0 amide bonds. The molecule has 32 heavy (non-hydrogen) atoms. The van der Waals surface area contributed by atoms with Crippen molar-refractivity contribution in [3.63, 3.8) is 0 Å². The second-order valence-corrected chi connectivity index (χ2v) is 10.8. The van der Waals surface area contributed by atoms with E-state index in [1.165, 1.54) is 5.56 Å². The molecule has 0 bridgehead atoms. The molecule has 1 aliphatic rings. The van der Waals surface area contributed by atoms with Crippen LogP contribution in [0.3, 0.4) is 0 Å². The molecule has 0 spiro atoms. The molecule has 2 aromatic rings. The van der Waals surface area contributed by atoms with Gasteiger partial charge in [0, 0.05) is 6.42 Å². The van der Waals surface area contributed by atoms with Crippen LogP contribution < -0.4 is 0 Å². The van der Waals surface area contributed by atoms with Gasteiger partial charge in [0.05, 0.1) is 11.2 Å². The van der Waals surface area contributed by atoms with Crippen LogP contribution in [-0.2, 0) is 14.7 Å². The van der Waals surface area contributed by atoms with Crippen molar-refractivity contribution in [2.45, 2.75) is 78.4 Å². The summed E-state index contributed by atoms with van der Waals surface area (Å²) in [6.45, 7) is 16.6. The molecule has 0 atom stereocenters. The Hall–Kier alpha value is -2.17. The summed E-state index contributed by atoms with van der Waals surface area (Å²) in [5, 5.41) is 0. The van der Waals surface area contributed by atoms with Crippen molar-refractivity contribution in [2.75, 3.05) is 0 Å². The second-order valence-electron chi connectivity index (χ2n) is 10.8. The summed E-state index contributed by atoms with van der Waals surface area (Å²) >= 11 is 0. The first kappa shape index (κ1) is 24.5. The van der Waals surface area contributed by atoms with Gasteiger partial charge in [-0.15, -0.1) is 0 Å². The van der Waals surface area contributed by atoms with Crippen molar-refractivity contribution in [2.24, 2.45) is 0 Å². The molecule has 0 unspecified atom stereocenters. The van der Waals surface area contributed by atoms with Crippen LogP contribution in [0, 0.1) is 0 Å². The molecule has 0 radical (unpaired) electrons. The fraction of sp³-hybridized carbons (Fsp3) is 0.429. The number of rotatable bonds is 5. The van der Waals surface area contributed by atoms with Gasteiger partial charge in [0.1, 0.15) is 5.83 Å². The summed E-state index contributed by atoms with van der Waals surface area (Å²) in [7, 11) is -0.505. The zero-order chi connectivity index (χ0) is 23.7. The van der Waals surface area contributed by atoms with Crippen LogP contribution in [0.5, 0.6) is 0 Å². The quantitative estimate of drug-likeness (QED) is 0.447. The van der Waals surface area contributed by atoms with E-state index < -0.39 is 18.3 Å². The van der Waals surface area contributed by atoms with Gasteiger partial charge in [0.25, 0.3) is 0 Å². The van der Waals surface area contributed by atoms with Gasteiger partial charge in [-0.2, -0.15) is 0 Å². The van der Waals surface area contributed by atoms with E-state index in [0.29, 0.717) is 0 Å². The van der Waals surface area contributed by atoms with E-state index in [-0.39, 0.29) is 17.7 Å². The van der Waals surface area contributed by atoms with Crippen molar-refractivity contribution < 1.29 is 13.7 Å². The topological polar surface area (TPSA) is 18.5 Å². The Bertz CT molecular complexity index is 980. The molecule has 1 saturated heterocycles. The number of benzene rings is 2. The Kier molecular flexibility index (Phi) is 6.88. The van der Waals surface area contributed by atoms with Crippen molar-refractivity contribution in [3.05, 3.63) is 82.6 Å². The van der Waals surface area contributed by atoms with Crippen LogP contribution in [-0.4, -0.2) is 18.3 Å². The first-order valence-electron chi connectivity index (χ1n) is 11.4. The highest BCUT2D eigenvalue weighted by Gasteiger charge is 2.52. The van der Waals surface area contributed by atoms with E-state index in [2.05, 4.69) is 32.9 Å². The Morgan fingerprint density at radius 3 is 1.94 bits per heavy atom. The van der Waals surface area contributed by atoms with Crippen LogP contribution in [0.1, 0.15) is 78.5 Å². The Morgan fingerprint density at radius 2 is 1.44 bits per heavy atom. The zero-order valence-corrected chi connectivity index (χ0v) is 20.8. The van der Waals surface area contributed by atoms with Crippen molar-refractivity contribution in [3.8, 4) is 0 Å². The molecular formula is C28H36BFO2.